The van der Waals surface area contributed by atoms with Gasteiger partial charge in [-0.3, -0.25) is 14.4 Å². The maximum absolute atomic E-state index is 14.2. The van der Waals surface area contributed by atoms with Gasteiger partial charge in [0.2, 0.25) is 11.8 Å². The number of carbonyl (C=O) groups excluding carboxylic acids is 2. The molecule has 1 aromatic carbocycles. The van der Waals surface area contributed by atoms with E-state index in [0.717, 1.165) is 62.5 Å². The number of Topliss-reactive ketones (excluding diaryl/α,β-unsaturated/α-hetero) is 1. The average Bonchev–Trinajstić information content (AvgIpc) is 3.70. The van der Waals surface area contributed by atoms with Crippen molar-refractivity contribution in [2.75, 3.05) is 0 Å². The molecule has 1 N–H and O–H groups in total. The molecule has 4 fully saturated rings. The SMILES string of the molecule is CC(C)C1=C2[C@H]3CC[C@@H]4[C@@]5(C)CC[C@H](OC(=O)CC(C)(C)C(=O)O)C(C)(C)[C@@H]5CC[C@@]4(C)[C@]3(C)CC[C@@]2(c2nnc([C@@H](C)c3ccc(Cl)cc3)o2)CC1=O. The van der Waals surface area contributed by atoms with Gasteiger partial charge in [0.15, 0.2) is 5.78 Å². The van der Waals surface area contributed by atoms with E-state index in [1.54, 1.807) is 13.8 Å². The van der Waals surface area contributed by atoms with Crippen molar-refractivity contribution in [3.8, 4) is 0 Å². The van der Waals surface area contributed by atoms with Gasteiger partial charge in [0.05, 0.1) is 23.2 Å². The van der Waals surface area contributed by atoms with Crippen LogP contribution in [0.15, 0.2) is 39.8 Å². The third-order valence-electron chi connectivity index (χ3n) is 16.4. The zero-order chi connectivity index (χ0) is 39.4. The molecule has 0 saturated heterocycles. The zero-order valence-corrected chi connectivity index (χ0v) is 34.9. The van der Waals surface area contributed by atoms with Crippen LogP contribution in [0.3, 0.4) is 0 Å². The normalized spacial score (nSPS) is 36.6. The third kappa shape index (κ3) is 5.68. The van der Waals surface area contributed by atoms with E-state index in [4.69, 9.17) is 25.9 Å². The molecule has 7 rings (SSSR count). The number of benzene rings is 1. The van der Waals surface area contributed by atoms with Crippen LogP contribution in [0, 0.1) is 50.7 Å². The molecule has 0 amide bonds. The molecule has 0 aliphatic heterocycles. The molecule has 1 heterocycles. The smallest absolute Gasteiger partial charge is 0.309 e. The van der Waals surface area contributed by atoms with Crippen molar-refractivity contribution >= 4 is 29.3 Å². The fourth-order valence-electron chi connectivity index (χ4n) is 13.2. The predicted molar refractivity (Wildman–Crippen MR) is 208 cm³/mol. The summed E-state index contributed by atoms with van der Waals surface area (Å²) >= 11 is 6.18. The zero-order valence-electron chi connectivity index (χ0n) is 34.1. The Bertz CT molecular complexity index is 1880. The number of aromatic nitrogens is 2. The first-order valence-corrected chi connectivity index (χ1v) is 20.8. The fraction of sp³-hybridized carbons (Fsp3) is 0.711. The molecule has 0 bridgehead atoms. The van der Waals surface area contributed by atoms with Crippen LogP contribution in [0.5, 0.6) is 0 Å². The highest BCUT2D eigenvalue weighted by Crippen LogP contribution is 2.76. The van der Waals surface area contributed by atoms with Gasteiger partial charge in [-0.15, -0.1) is 10.2 Å². The Kier molecular flexibility index (Phi) is 9.47. The monoisotopic (exact) mass is 760 g/mol. The van der Waals surface area contributed by atoms with E-state index in [9.17, 15) is 19.5 Å². The van der Waals surface area contributed by atoms with E-state index < -0.39 is 22.8 Å². The quantitative estimate of drug-likeness (QED) is 0.264. The summed E-state index contributed by atoms with van der Waals surface area (Å²) in [7, 11) is 0. The molecule has 0 spiro atoms. The van der Waals surface area contributed by atoms with Crippen molar-refractivity contribution in [3.05, 3.63) is 57.8 Å². The van der Waals surface area contributed by atoms with Crippen molar-refractivity contribution < 1.29 is 28.6 Å². The minimum absolute atomic E-state index is 0.0250. The summed E-state index contributed by atoms with van der Waals surface area (Å²) in [5.74, 6) is 1.07. The summed E-state index contributed by atoms with van der Waals surface area (Å²) in [6, 6.07) is 7.77. The van der Waals surface area contributed by atoms with Gasteiger partial charge in [0.1, 0.15) is 6.10 Å². The second-order valence-corrected chi connectivity index (χ2v) is 20.6. The Morgan fingerprint density at radius 2 is 1.61 bits per heavy atom. The van der Waals surface area contributed by atoms with Crippen molar-refractivity contribution in [3.63, 3.8) is 0 Å². The van der Waals surface area contributed by atoms with Crippen LogP contribution in [0.1, 0.15) is 157 Å². The van der Waals surface area contributed by atoms with E-state index in [1.807, 2.05) is 24.3 Å². The fourth-order valence-corrected chi connectivity index (χ4v) is 13.3. The minimum atomic E-state index is -1.17. The standard InChI is InChI=1S/C45H61ClN2O6/c1-25(2)35-30(49)23-45(38-48-47-37(54-38)26(3)27-11-13-28(46)14-12-27)22-21-43(9)29(36(35)45)15-16-32-42(8)19-18-33(53-34(50)24-40(4,5)39(51)52)41(6,7)31(42)17-20-44(32,43)10/h11-14,25-26,29,31-33H,15-24H2,1-10H3,(H,51,52)/t26-,29+,31-,32+,33-,42-,43+,44+,45+/m0/s1. The number of rotatable bonds is 8. The maximum Gasteiger partial charge on any atom is 0.309 e. The van der Waals surface area contributed by atoms with Crippen LogP contribution in [0.2, 0.25) is 5.02 Å². The minimum Gasteiger partial charge on any atom is -0.481 e. The van der Waals surface area contributed by atoms with Gasteiger partial charge >= 0.3 is 11.9 Å². The van der Waals surface area contributed by atoms with Crippen LogP contribution < -0.4 is 0 Å². The lowest BCUT2D eigenvalue weighted by Gasteiger charge is -2.72. The molecule has 54 heavy (non-hydrogen) atoms. The van der Waals surface area contributed by atoms with Gasteiger partial charge < -0.3 is 14.3 Å². The number of aliphatic carboxylic acids is 1. The number of hydrogen-bond acceptors (Lipinski definition) is 7. The molecule has 0 unspecified atom stereocenters. The highest BCUT2D eigenvalue weighted by atomic mass is 35.5. The van der Waals surface area contributed by atoms with Crippen molar-refractivity contribution in [2.24, 2.45) is 50.7 Å². The molecule has 5 aliphatic carbocycles. The number of nitrogens with zero attached hydrogens (tertiary/aromatic N) is 2. The Hall–Kier alpha value is -3.00. The van der Waals surface area contributed by atoms with Gasteiger partial charge in [-0.25, -0.2) is 0 Å². The van der Waals surface area contributed by atoms with Gasteiger partial charge in [-0.2, -0.15) is 0 Å². The number of fused-ring (bicyclic) bond motifs is 7. The van der Waals surface area contributed by atoms with Crippen LogP contribution >= 0.6 is 11.6 Å². The third-order valence-corrected chi connectivity index (χ3v) is 16.7. The molecule has 5 aliphatic rings. The number of halogens is 1. The van der Waals surface area contributed by atoms with Gasteiger partial charge in [0, 0.05) is 16.9 Å². The molecule has 294 valence electrons. The Labute approximate surface area is 326 Å². The van der Waals surface area contributed by atoms with Crippen molar-refractivity contribution in [2.45, 2.75) is 151 Å². The van der Waals surface area contributed by atoms with Crippen molar-refractivity contribution in [1.82, 2.24) is 10.2 Å². The molecule has 1 aromatic heterocycles. The number of carboxylic acid groups (broad SMARTS) is 1. The van der Waals surface area contributed by atoms with Crippen LogP contribution in [0.4, 0.5) is 0 Å². The highest BCUT2D eigenvalue weighted by Gasteiger charge is 2.71. The van der Waals surface area contributed by atoms with E-state index in [0.29, 0.717) is 35.1 Å². The Balaban J connectivity index is 1.20. The second-order valence-electron chi connectivity index (χ2n) is 20.2. The number of carboxylic acids is 1. The predicted octanol–water partition coefficient (Wildman–Crippen LogP) is 10.5. The number of hydrogen-bond donors (Lipinski definition) is 1. The lowest BCUT2D eigenvalue weighted by molar-refractivity contribution is -0.232. The van der Waals surface area contributed by atoms with Gasteiger partial charge in [-0.05, 0) is 141 Å². The summed E-state index contributed by atoms with van der Waals surface area (Å²) in [4.78, 5) is 39.1. The summed E-state index contributed by atoms with van der Waals surface area (Å²) in [6.07, 6.45) is 7.79. The van der Waals surface area contributed by atoms with Gasteiger partial charge in [0.25, 0.3) is 0 Å². The molecule has 9 atom stereocenters. The Morgan fingerprint density at radius 3 is 2.26 bits per heavy atom. The molecule has 8 nitrogen and oxygen atoms in total. The number of carbonyl (C=O) groups is 3. The molecule has 0 radical (unpaired) electrons. The number of esters is 1. The molecule has 9 heteroatoms. The molecule has 4 saturated carbocycles. The molecule has 2 aromatic rings. The highest BCUT2D eigenvalue weighted by molar-refractivity contribution is 6.30. The van der Waals surface area contributed by atoms with Gasteiger partial charge in [-0.1, -0.05) is 72.2 Å². The lowest BCUT2D eigenvalue weighted by atomic mass is 9.33. The summed E-state index contributed by atoms with van der Waals surface area (Å²) in [5.41, 5.74) is 1.42. The first-order valence-electron chi connectivity index (χ1n) is 20.4. The van der Waals surface area contributed by atoms with E-state index in [1.165, 1.54) is 5.57 Å². The average molecular weight is 761 g/mol. The summed E-state index contributed by atoms with van der Waals surface area (Å²) in [5, 5.41) is 19.7. The van der Waals surface area contributed by atoms with E-state index in [-0.39, 0.29) is 57.7 Å². The number of ketones is 1. The lowest BCUT2D eigenvalue weighted by Crippen LogP contribution is -2.66. The topological polar surface area (TPSA) is 120 Å². The van der Waals surface area contributed by atoms with E-state index in [2.05, 4.69) is 60.5 Å². The molecular weight excluding hydrogens is 700 g/mol. The summed E-state index contributed by atoms with van der Waals surface area (Å²) < 4.78 is 12.9. The number of allylic oxidation sites excluding steroid dienone is 2. The first kappa shape index (κ1) is 39.2. The van der Waals surface area contributed by atoms with Crippen LogP contribution in [0.25, 0.3) is 0 Å². The van der Waals surface area contributed by atoms with Crippen LogP contribution in [-0.4, -0.2) is 39.1 Å². The maximum atomic E-state index is 14.2. The Morgan fingerprint density at radius 1 is 0.926 bits per heavy atom. The summed E-state index contributed by atoms with van der Waals surface area (Å²) in [6.45, 7) is 21.7. The largest absolute Gasteiger partial charge is 0.481 e. The number of ether oxygens (including phenoxy) is 1. The second kappa shape index (κ2) is 13.0. The molecular formula is C45H61ClN2O6. The van der Waals surface area contributed by atoms with E-state index >= 15 is 0 Å². The first-order chi connectivity index (χ1) is 25.1. The van der Waals surface area contributed by atoms with Crippen molar-refractivity contribution in [1.29, 1.82) is 0 Å². The van der Waals surface area contributed by atoms with Crippen LogP contribution in [-0.2, 0) is 24.5 Å².